The fraction of sp³-hybridized carbons (Fsp3) is 0.727. The van der Waals surface area contributed by atoms with Gasteiger partial charge in [0.15, 0.2) is 15.7 Å². The number of hydrogen-bond acceptors (Lipinski definition) is 6. The van der Waals surface area contributed by atoms with Crippen LogP contribution in [-0.4, -0.2) is 24.1 Å². The molecular formula is C11H17N3O2S2. The van der Waals surface area contributed by atoms with Crippen molar-refractivity contribution in [2.45, 2.75) is 48.8 Å². The first kappa shape index (κ1) is 12.2. The van der Waals surface area contributed by atoms with E-state index in [2.05, 4.69) is 16.6 Å². The number of nitrogens with one attached hydrogen (secondary N) is 1. The molecule has 0 aliphatic heterocycles. The summed E-state index contributed by atoms with van der Waals surface area (Å²) in [6.07, 6.45) is 3.73. The minimum atomic E-state index is -3.27. The van der Waals surface area contributed by atoms with E-state index in [1.54, 1.807) is 0 Å². The maximum atomic E-state index is 12.3. The highest BCUT2D eigenvalue weighted by Gasteiger charge is 2.42. The van der Waals surface area contributed by atoms with Crippen LogP contribution in [0.4, 0.5) is 10.8 Å². The van der Waals surface area contributed by atoms with Crippen molar-refractivity contribution >= 4 is 32.2 Å². The van der Waals surface area contributed by atoms with Crippen LogP contribution < -0.4 is 11.1 Å². The molecule has 7 heteroatoms. The van der Waals surface area contributed by atoms with Gasteiger partial charge < -0.3 is 11.1 Å². The number of nitrogen functional groups attached to an aromatic ring is 1. The van der Waals surface area contributed by atoms with E-state index in [1.165, 1.54) is 0 Å². The standard InChI is InChI=1S/C11H17N3O2S2/c1-2-6-5-8(6)13-11-9(10(12)14-17-11)18(15,16)7-3-4-7/h6-8,13H,2-5H2,1H3,(H2,12,14). The fourth-order valence-corrected chi connectivity index (χ4v) is 5.18. The second-order valence-electron chi connectivity index (χ2n) is 5.13. The van der Waals surface area contributed by atoms with Gasteiger partial charge in [-0.25, -0.2) is 8.42 Å². The van der Waals surface area contributed by atoms with Crippen LogP contribution in [0.5, 0.6) is 0 Å². The van der Waals surface area contributed by atoms with E-state index in [0.717, 1.165) is 37.2 Å². The third-order valence-electron chi connectivity index (χ3n) is 3.69. The molecule has 0 radical (unpaired) electrons. The zero-order chi connectivity index (χ0) is 12.9. The third kappa shape index (κ3) is 1.99. The first-order chi connectivity index (χ1) is 8.54. The molecule has 0 aromatic carbocycles. The molecule has 1 aromatic heterocycles. The fourth-order valence-electron chi connectivity index (χ4n) is 2.25. The topological polar surface area (TPSA) is 85.1 Å². The first-order valence-electron chi connectivity index (χ1n) is 6.29. The Labute approximate surface area is 111 Å². The second kappa shape index (κ2) is 4.09. The molecule has 0 saturated heterocycles. The van der Waals surface area contributed by atoms with Gasteiger partial charge in [-0.2, -0.15) is 4.37 Å². The molecule has 2 saturated carbocycles. The predicted octanol–water partition coefficient (Wildman–Crippen LogP) is 1.87. The summed E-state index contributed by atoms with van der Waals surface area (Å²) in [4.78, 5) is 0.247. The maximum absolute atomic E-state index is 12.3. The number of sulfone groups is 1. The van der Waals surface area contributed by atoms with E-state index in [0.29, 0.717) is 17.0 Å². The van der Waals surface area contributed by atoms with E-state index in [1.807, 2.05) is 0 Å². The van der Waals surface area contributed by atoms with Gasteiger partial charge in [-0.3, -0.25) is 0 Å². The molecule has 2 aliphatic carbocycles. The largest absolute Gasteiger partial charge is 0.382 e. The molecule has 100 valence electrons. The molecule has 1 aromatic rings. The van der Waals surface area contributed by atoms with Gasteiger partial charge >= 0.3 is 0 Å². The van der Waals surface area contributed by atoms with Crippen LogP contribution in [0.1, 0.15) is 32.6 Å². The molecule has 2 atom stereocenters. The molecule has 18 heavy (non-hydrogen) atoms. The van der Waals surface area contributed by atoms with Crippen molar-refractivity contribution in [2.75, 3.05) is 11.1 Å². The van der Waals surface area contributed by atoms with Crippen molar-refractivity contribution < 1.29 is 8.42 Å². The Morgan fingerprint density at radius 3 is 2.78 bits per heavy atom. The summed E-state index contributed by atoms with van der Waals surface area (Å²) in [5.41, 5.74) is 5.74. The lowest BCUT2D eigenvalue weighted by Crippen LogP contribution is -2.12. The van der Waals surface area contributed by atoms with Gasteiger partial charge in [0, 0.05) is 6.04 Å². The summed E-state index contributed by atoms with van der Waals surface area (Å²) < 4.78 is 28.6. The molecule has 0 bridgehead atoms. The van der Waals surface area contributed by atoms with Gasteiger partial charge in [-0.15, -0.1) is 0 Å². The Bertz CT molecular complexity index is 563. The summed E-state index contributed by atoms with van der Waals surface area (Å²) in [5.74, 6) is 0.813. The molecule has 0 amide bonds. The predicted molar refractivity (Wildman–Crippen MR) is 72.5 cm³/mol. The smallest absolute Gasteiger partial charge is 0.187 e. The van der Waals surface area contributed by atoms with Gasteiger partial charge in [0.25, 0.3) is 0 Å². The molecular weight excluding hydrogens is 270 g/mol. The summed E-state index contributed by atoms with van der Waals surface area (Å²) in [6, 6.07) is 0.392. The van der Waals surface area contributed by atoms with E-state index in [-0.39, 0.29) is 16.0 Å². The van der Waals surface area contributed by atoms with Crippen LogP contribution in [0.25, 0.3) is 0 Å². The van der Waals surface area contributed by atoms with Gasteiger partial charge in [-0.05, 0) is 36.7 Å². The molecule has 3 rings (SSSR count). The van der Waals surface area contributed by atoms with Gasteiger partial charge in [-0.1, -0.05) is 13.3 Å². The summed E-state index contributed by atoms with van der Waals surface area (Å²) in [7, 11) is -3.27. The van der Waals surface area contributed by atoms with Crippen LogP contribution in [0, 0.1) is 5.92 Å². The molecule has 2 fully saturated rings. The minimum Gasteiger partial charge on any atom is -0.382 e. The van der Waals surface area contributed by atoms with E-state index < -0.39 is 9.84 Å². The van der Waals surface area contributed by atoms with Crippen molar-refractivity contribution in [3.05, 3.63) is 0 Å². The quantitative estimate of drug-likeness (QED) is 0.863. The molecule has 2 unspecified atom stereocenters. The van der Waals surface area contributed by atoms with Crippen LogP contribution in [0.2, 0.25) is 0 Å². The SMILES string of the molecule is CCC1CC1Nc1snc(N)c1S(=O)(=O)C1CC1. The number of anilines is 2. The number of nitrogens with two attached hydrogens (primary N) is 1. The average molecular weight is 287 g/mol. The van der Waals surface area contributed by atoms with E-state index >= 15 is 0 Å². The molecule has 3 N–H and O–H groups in total. The highest BCUT2D eigenvalue weighted by Crippen LogP contribution is 2.44. The van der Waals surface area contributed by atoms with E-state index in [9.17, 15) is 8.42 Å². The minimum absolute atomic E-state index is 0.156. The zero-order valence-corrected chi connectivity index (χ0v) is 11.9. The van der Waals surface area contributed by atoms with Gasteiger partial charge in [0.2, 0.25) is 0 Å². The summed E-state index contributed by atoms with van der Waals surface area (Å²) >= 11 is 1.16. The normalized spacial score (nSPS) is 27.2. The van der Waals surface area contributed by atoms with Crippen molar-refractivity contribution in [1.82, 2.24) is 4.37 Å². The average Bonchev–Trinajstić information content (AvgIpc) is 3.19. The Morgan fingerprint density at radius 1 is 1.50 bits per heavy atom. The number of aromatic nitrogens is 1. The molecule has 5 nitrogen and oxygen atoms in total. The number of nitrogens with zero attached hydrogens (tertiary/aromatic N) is 1. The Kier molecular flexibility index (Phi) is 2.78. The third-order valence-corrected chi connectivity index (χ3v) is 6.94. The summed E-state index contributed by atoms with van der Waals surface area (Å²) in [5, 5.41) is 3.69. The van der Waals surface area contributed by atoms with Crippen LogP contribution >= 0.6 is 11.5 Å². The van der Waals surface area contributed by atoms with Crippen molar-refractivity contribution in [3.63, 3.8) is 0 Å². The lowest BCUT2D eigenvalue weighted by atomic mass is 10.3. The monoisotopic (exact) mass is 287 g/mol. The second-order valence-corrected chi connectivity index (χ2v) is 8.06. The molecule has 1 heterocycles. The highest BCUT2D eigenvalue weighted by molar-refractivity contribution is 7.92. The highest BCUT2D eigenvalue weighted by atomic mass is 32.2. The number of hydrogen-bond donors (Lipinski definition) is 2. The Hall–Kier alpha value is -0.820. The number of rotatable bonds is 5. The van der Waals surface area contributed by atoms with Gasteiger partial charge in [0.05, 0.1) is 5.25 Å². The van der Waals surface area contributed by atoms with Crippen LogP contribution in [0.15, 0.2) is 4.90 Å². The lowest BCUT2D eigenvalue weighted by Gasteiger charge is -2.07. The van der Waals surface area contributed by atoms with Crippen molar-refractivity contribution in [3.8, 4) is 0 Å². The van der Waals surface area contributed by atoms with Crippen molar-refractivity contribution in [1.29, 1.82) is 0 Å². The maximum Gasteiger partial charge on any atom is 0.187 e. The van der Waals surface area contributed by atoms with Crippen molar-refractivity contribution in [2.24, 2.45) is 5.92 Å². The Balaban J connectivity index is 1.87. The first-order valence-corrected chi connectivity index (χ1v) is 8.61. The zero-order valence-electron chi connectivity index (χ0n) is 10.2. The van der Waals surface area contributed by atoms with Gasteiger partial charge in [0.1, 0.15) is 9.90 Å². The molecule has 0 spiro atoms. The summed E-state index contributed by atoms with van der Waals surface area (Å²) in [6.45, 7) is 2.15. The van der Waals surface area contributed by atoms with Crippen LogP contribution in [-0.2, 0) is 9.84 Å². The lowest BCUT2D eigenvalue weighted by molar-refractivity contribution is 0.595. The molecule has 2 aliphatic rings. The van der Waals surface area contributed by atoms with Crippen LogP contribution in [0.3, 0.4) is 0 Å². The Morgan fingerprint density at radius 2 is 2.22 bits per heavy atom. The van der Waals surface area contributed by atoms with E-state index in [4.69, 9.17) is 5.73 Å².